The monoisotopic (exact) mass is 315 g/mol. The first-order valence-electron chi connectivity index (χ1n) is 7.65. The minimum atomic E-state index is -4.43. The molecule has 1 aliphatic carbocycles. The minimum Gasteiger partial charge on any atom is -0.353 e. The highest BCUT2D eigenvalue weighted by Gasteiger charge is 2.38. The standard InChI is InChI=1S/C14H20F3N5/c1-8-6-9(22-21-8)7-18-13-19-11-5-3-2-4-10(11)12(20-13)14(15,16)17/h8-9,21-22H,2-7H2,1H3,(H,18,19,20). The van der Waals surface area contributed by atoms with Gasteiger partial charge >= 0.3 is 6.18 Å². The van der Waals surface area contributed by atoms with Gasteiger partial charge in [0, 0.05) is 29.9 Å². The quantitative estimate of drug-likeness (QED) is 0.797. The van der Waals surface area contributed by atoms with Crippen molar-refractivity contribution in [3.05, 3.63) is 17.0 Å². The lowest BCUT2D eigenvalue weighted by Crippen LogP contribution is -2.36. The molecule has 2 unspecified atom stereocenters. The van der Waals surface area contributed by atoms with Gasteiger partial charge in [0.15, 0.2) is 5.69 Å². The summed E-state index contributed by atoms with van der Waals surface area (Å²) in [6.07, 6.45) is -0.868. The molecule has 2 atom stereocenters. The van der Waals surface area contributed by atoms with E-state index in [1.807, 2.05) is 6.92 Å². The molecule has 0 spiro atoms. The molecule has 3 rings (SSSR count). The third-order valence-electron chi connectivity index (χ3n) is 4.13. The Morgan fingerprint density at radius 1 is 1.18 bits per heavy atom. The molecule has 122 valence electrons. The van der Waals surface area contributed by atoms with Crippen LogP contribution in [0.1, 0.15) is 43.1 Å². The Morgan fingerprint density at radius 2 is 1.95 bits per heavy atom. The molecule has 1 saturated heterocycles. The second kappa shape index (κ2) is 6.00. The van der Waals surface area contributed by atoms with Gasteiger partial charge in [0.25, 0.3) is 0 Å². The van der Waals surface area contributed by atoms with Crippen molar-refractivity contribution in [3.8, 4) is 0 Å². The fraction of sp³-hybridized carbons (Fsp3) is 0.714. The number of anilines is 1. The lowest BCUT2D eigenvalue weighted by atomic mass is 9.94. The molecule has 0 amide bonds. The molecule has 2 heterocycles. The SMILES string of the molecule is CC1CC(CNc2nc3c(c(C(F)(F)F)n2)CCCC3)NN1. The Labute approximate surface area is 127 Å². The first-order chi connectivity index (χ1) is 10.4. The summed E-state index contributed by atoms with van der Waals surface area (Å²) in [6.45, 7) is 2.54. The topological polar surface area (TPSA) is 61.9 Å². The normalized spacial score (nSPS) is 25.1. The van der Waals surface area contributed by atoms with E-state index >= 15 is 0 Å². The molecule has 5 nitrogen and oxygen atoms in total. The average molecular weight is 315 g/mol. The molecular weight excluding hydrogens is 295 g/mol. The van der Waals surface area contributed by atoms with E-state index in [1.54, 1.807) is 0 Å². The zero-order valence-corrected chi connectivity index (χ0v) is 12.4. The van der Waals surface area contributed by atoms with Crippen LogP contribution >= 0.6 is 0 Å². The van der Waals surface area contributed by atoms with Crippen LogP contribution in [-0.4, -0.2) is 28.6 Å². The molecule has 1 aromatic rings. The summed E-state index contributed by atoms with van der Waals surface area (Å²) in [5.41, 5.74) is 6.22. The molecular formula is C14H20F3N5. The van der Waals surface area contributed by atoms with Gasteiger partial charge in [-0.2, -0.15) is 13.2 Å². The maximum Gasteiger partial charge on any atom is 0.433 e. The Morgan fingerprint density at radius 3 is 2.64 bits per heavy atom. The fourth-order valence-corrected chi connectivity index (χ4v) is 3.06. The van der Waals surface area contributed by atoms with Crippen molar-refractivity contribution in [2.75, 3.05) is 11.9 Å². The van der Waals surface area contributed by atoms with E-state index in [4.69, 9.17) is 0 Å². The summed E-state index contributed by atoms with van der Waals surface area (Å²) in [7, 11) is 0. The maximum atomic E-state index is 13.2. The van der Waals surface area contributed by atoms with E-state index in [1.165, 1.54) is 0 Å². The van der Waals surface area contributed by atoms with Gasteiger partial charge in [-0.3, -0.25) is 10.9 Å². The van der Waals surface area contributed by atoms with Gasteiger partial charge in [-0.1, -0.05) is 0 Å². The van der Waals surface area contributed by atoms with Crippen LogP contribution in [0.25, 0.3) is 0 Å². The zero-order valence-electron chi connectivity index (χ0n) is 12.4. The predicted molar refractivity (Wildman–Crippen MR) is 76.3 cm³/mol. The molecule has 1 fully saturated rings. The van der Waals surface area contributed by atoms with Gasteiger partial charge in [0.05, 0.1) is 0 Å². The van der Waals surface area contributed by atoms with Crippen molar-refractivity contribution in [2.24, 2.45) is 0 Å². The molecule has 8 heteroatoms. The number of hydrogen-bond donors (Lipinski definition) is 3. The van der Waals surface area contributed by atoms with Crippen LogP contribution in [0, 0.1) is 0 Å². The Hall–Kier alpha value is -1.41. The molecule has 3 N–H and O–H groups in total. The molecule has 2 aliphatic rings. The van der Waals surface area contributed by atoms with Crippen molar-refractivity contribution in [3.63, 3.8) is 0 Å². The second-order valence-electron chi connectivity index (χ2n) is 6.03. The minimum absolute atomic E-state index is 0.0781. The number of alkyl halides is 3. The predicted octanol–water partition coefficient (Wildman–Crippen LogP) is 2.04. The summed E-state index contributed by atoms with van der Waals surface area (Å²) >= 11 is 0. The molecule has 0 bridgehead atoms. The first kappa shape index (κ1) is 15.5. The number of hydrogen-bond acceptors (Lipinski definition) is 5. The Bertz CT molecular complexity index is 546. The summed E-state index contributed by atoms with van der Waals surface area (Å²) < 4.78 is 39.6. The van der Waals surface area contributed by atoms with Crippen LogP contribution in [0.2, 0.25) is 0 Å². The number of aromatic nitrogens is 2. The molecule has 22 heavy (non-hydrogen) atoms. The highest BCUT2D eigenvalue weighted by Crippen LogP contribution is 2.35. The van der Waals surface area contributed by atoms with Crippen molar-refractivity contribution in [2.45, 2.75) is 57.3 Å². The summed E-state index contributed by atoms with van der Waals surface area (Å²) in [6, 6.07) is 0.506. The molecule has 1 aliphatic heterocycles. The number of rotatable bonds is 3. The van der Waals surface area contributed by atoms with Gasteiger partial charge in [-0.15, -0.1) is 0 Å². The fourth-order valence-electron chi connectivity index (χ4n) is 3.06. The van der Waals surface area contributed by atoms with Gasteiger partial charge in [-0.25, -0.2) is 9.97 Å². The number of nitrogens with zero attached hydrogens (tertiary/aromatic N) is 2. The number of aryl methyl sites for hydroxylation is 1. The van der Waals surface area contributed by atoms with Crippen LogP contribution in [0.15, 0.2) is 0 Å². The summed E-state index contributed by atoms with van der Waals surface area (Å²) in [5, 5.41) is 2.95. The highest BCUT2D eigenvalue weighted by atomic mass is 19.4. The van der Waals surface area contributed by atoms with Crippen LogP contribution in [0.3, 0.4) is 0 Å². The van der Waals surface area contributed by atoms with Crippen LogP contribution < -0.4 is 16.2 Å². The average Bonchev–Trinajstić information content (AvgIpc) is 2.89. The van der Waals surface area contributed by atoms with Crippen LogP contribution in [-0.2, 0) is 19.0 Å². The smallest absolute Gasteiger partial charge is 0.353 e. The van der Waals surface area contributed by atoms with Crippen molar-refractivity contribution in [1.82, 2.24) is 20.8 Å². The van der Waals surface area contributed by atoms with Crippen LogP contribution in [0.4, 0.5) is 19.1 Å². The molecule has 0 saturated carbocycles. The number of fused-ring (bicyclic) bond motifs is 1. The molecule has 0 aromatic carbocycles. The number of nitrogens with one attached hydrogen (secondary N) is 3. The van der Waals surface area contributed by atoms with E-state index in [0.29, 0.717) is 31.1 Å². The Balaban J connectivity index is 1.79. The van der Waals surface area contributed by atoms with Crippen molar-refractivity contribution >= 4 is 5.95 Å². The maximum absolute atomic E-state index is 13.2. The van der Waals surface area contributed by atoms with E-state index in [2.05, 4.69) is 26.1 Å². The summed E-state index contributed by atoms with van der Waals surface area (Å²) in [4.78, 5) is 8.04. The lowest BCUT2D eigenvalue weighted by Gasteiger charge is -2.21. The van der Waals surface area contributed by atoms with Crippen LogP contribution in [0.5, 0.6) is 0 Å². The van der Waals surface area contributed by atoms with Gasteiger partial charge in [-0.05, 0) is 39.0 Å². The van der Waals surface area contributed by atoms with Gasteiger partial charge < -0.3 is 5.32 Å². The Kier molecular flexibility index (Phi) is 4.22. The van der Waals surface area contributed by atoms with E-state index in [0.717, 1.165) is 19.3 Å². The summed E-state index contributed by atoms with van der Waals surface area (Å²) in [5.74, 6) is 0.0781. The first-order valence-corrected chi connectivity index (χ1v) is 7.65. The van der Waals surface area contributed by atoms with E-state index < -0.39 is 11.9 Å². The van der Waals surface area contributed by atoms with E-state index in [9.17, 15) is 13.2 Å². The third kappa shape index (κ3) is 3.33. The largest absolute Gasteiger partial charge is 0.433 e. The van der Waals surface area contributed by atoms with Gasteiger partial charge in [0.1, 0.15) is 0 Å². The third-order valence-corrected chi connectivity index (χ3v) is 4.13. The van der Waals surface area contributed by atoms with Crippen molar-refractivity contribution in [1.29, 1.82) is 0 Å². The highest BCUT2D eigenvalue weighted by molar-refractivity contribution is 5.37. The number of halogens is 3. The van der Waals surface area contributed by atoms with E-state index in [-0.39, 0.29) is 17.6 Å². The lowest BCUT2D eigenvalue weighted by molar-refractivity contribution is -0.142. The zero-order chi connectivity index (χ0) is 15.7. The van der Waals surface area contributed by atoms with Gasteiger partial charge in [0.2, 0.25) is 5.95 Å². The number of hydrazine groups is 1. The molecule has 1 aromatic heterocycles. The van der Waals surface area contributed by atoms with Crippen molar-refractivity contribution < 1.29 is 13.2 Å². The molecule has 0 radical (unpaired) electrons. The second-order valence-corrected chi connectivity index (χ2v) is 6.03.